The molecule has 0 bridgehead atoms. The molecule has 45 heavy (non-hydrogen) atoms. The Bertz CT molecular complexity index is 1490. The third kappa shape index (κ3) is 14.4. The maximum Gasteiger partial charge on any atom is 0.321 e. The monoisotopic (exact) mass is 918 g/mol. The van der Waals surface area contributed by atoms with Gasteiger partial charge < -0.3 is 9.47 Å². The number of alkyl halides is 2. The highest BCUT2D eigenvalue weighted by Crippen LogP contribution is 2.39. The quantitative estimate of drug-likeness (QED) is 0.185. The second-order valence-electron chi connectivity index (χ2n) is 8.35. The minimum atomic E-state index is -3.89. The first-order chi connectivity index (χ1) is 20.4. The van der Waals surface area contributed by atoms with E-state index in [2.05, 4.69) is 41.3 Å². The first kappa shape index (κ1) is 44.7. The molecule has 0 atom stereocenters. The van der Waals surface area contributed by atoms with Gasteiger partial charge in [-0.1, -0.05) is 109 Å². The van der Waals surface area contributed by atoms with Gasteiger partial charge in [0, 0.05) is 49.4 Å². The van der Waals surface area contributed by atoms with Crippen molar-refractivity contribution in [3.63, 3.8) is 0 Å². The van der Waals surface area contributed by atoms with E-state index in [-0.39, 0.29) is 76.3 Å². The largest absolute Gasteiger partial charge is 0.469 e. The summed E-state index contributed by atoms with van der Waals surface area (Å²) in [5, 5.41) is 3.33. The molecule has 10 nitrogen and oxygen atoms in total. The molecular formula is C25H30Br2Cl6N2O8S2. The Balaban J connectivity index is 0.000000757. The number of carbonyl (C=O) groups is 2. The number of sulfone groups is 1. The molecule has 1 heterocycles. The van der Waals surface area contributed by atoms with Gasteiger partial charge in [0.2, 0.25) is 0 Å². The third-order valence-electron chi connectivity index (χ3n) is 5.31. The molecule has 0 unspecified atom stereocenters. The van der Waals surface area contributed by atoms with Crippen molar-refractivity contribution in [1.29, 1.82) is 0 Å². The number of nitrogens with zero attached hydrogens (tertiary/aromatic N) is 2. The molecule has 20 heteroatoms. The SMILES string of the molecule is BrCCBr.C.COC(=O)CCS(=O)(=O)Cc1c(Cl)cc(Cl)cc1Cl.COC(=O)CN1CCN(c2c(Cl)cc(Cl)cc2Cl)S1(=O)=O. The van der Waals surface area contributed by atoms with Crippen LogP contribution < -0.4 is 4.31 Å². The van der Waals surface area contributed by atoms with E-state index in [0.29, 0.717) is 10.0 Å². The number of rotatable bonds is 9. The molecule has 2 aromatic rings. The molecule has 3 rings (SSSR count). The Kier molecular flexibility index (Phi) is 20.8. The van der Waals surface area contributed by atoms with Gasteiger partial charge in [0.15, 0.2) is 9.84 Å². The van der Waals surface area contributed by atoms with Crippen molar-refractivity contribution in [1.82, 2.24) is 4.31 Å². The van der Waals surface area contributed by atoms with Crippen LogP contribution in [0.3, 0.4) is 0 Å². The second-order valence-corrected chi connectivity index (χ2v) is 16.5. The molecule has 1 fully saturated rings. The summed E-state index contributed by atoms with van der Waals surface area (Å²) in [4.78, 5) is 22.2. The molecule has 1 aliphatic rings. The molecule has 0 N–H and O–H groups in total. The summed E-state index contributed by atoms with van der Waals surface area (Å²) in [5.41, 5.74) is 0.424. The van der Waals surface area contributed by atoms with Gasteiger partial charge in [0.25, 0.3) is 0 Å². The summed E-state index contributed by atoms with van der Waals surface area (Å²) in [6.07, 6.45) is -0.207. The van der Waals surface area contributed by atoms with Crippen LogP contribution in [0.4, 0.5) is 5.69 Å². The van der Waals surface area contributed by atoms with E-state index in [4.69, 9.17) is 69.6 Å². The highest BCUT2D eigenvalue weighted by Gasteiger charge is 2.39. The van der Waals surface area contributed by atoms with E-state index < -0.39 is 32.0 Å². The maximum absolute atomic E-state index is 12.4. The first-order valence-corrected chi connectivity index (χ1v) is 19.7. The number of anilines is 1. The van der Waals surface area contributed by atoms with Crippen LogP contribution in [0.25, 0.3) is 0 Å². The number of halogens is 8. The number of methoxy groups -OCH3 is 2. The van der Waals surface area contributed by atoms with Crippen LogP contribution in [-0.4, -0.2) is 83.3 Å². The average Bonchev–Trinajstić information content (AvgIpc) is 3.22. The van der Waals surface area contributed by atoms with Gasteiger partial charge in [-0.3, -0.25) is 13.9 Å². The Hall–Kier alpha value is -0.260. The highest BCUT2D eigenvalue weighted by molar-refractivity contribution is 9.11. The van der Waals surface area contributed by atoms with Crippen molar-refractivity contribution in [3.05, 3.63) is 60.0 Å². The van der Waals surface area contributed by atoms with E-state index in [0.717, 1.165) is 19.3 Å². The number of benzene rings is 2. The van der Waals surface area contributed by atoms with E-state index >= 15 is 0 Å². The van der Waals surface area contributed by atoms with E-state index in [1.165, 1.54) is 38.5 Å². The van der Waals surface area contributed by atoms with E-state index in [1.807, 2.05) is 0 Å². The average molecular weight is 923 g/mol. The molecule has 0 spiro atoms. The third-order valence-corrected chi connectivity index (χ3v) is 12.3. The van der Waals surface area contributed by atoms with Crippen LogP contribution >= 0.6 is 101 Å². The van der Waals surface area contributed by atoms with E-state index in [1.54, 1.807) is 0 Å². The van der Waals surface area contributed by atoms with Crippen LogP contribution in [-0.2, 0) is 44.9 Å². The zero-order valence-corrected chi connectivity index (χ0v) is 32.3. The lowest BCUT2D eigenvalue weighted by atomic mass is 10.2. The van der Waals surface area contributed by atoms with Gasteiger partial charge in [0.05, 0.1) is 47.9 Å². The van der Waals surface area contributed by atoms with Gasteiger partial charge in [-0.15, -0.1) is 0 Å². The molecule has 2 aromatic carbocycles. The zero-order valence-electron chi connectivity index (χ0n) is 23.0. The van der Waals surface area contributed by atoms with Crippen molar-refractivity contribution in [2.24, 2.45) is 0 Å². The Morgan fingerprint density at radius 2 is 1.27 bits per heavy atom. The Morgan fingerprint density at radius 1 is 0.822 bits per heavy atom. The predicted molar refractivity (Wildman–Crippen MR) is 191 cm³/mol. The van der Waals surface area contributed by atoms with E-state index in [9.17, 15) is 26.4 Å². The predicted octanol–water partition coefficient (Wildman–Crippen LogP) is 7.72. The van der Waals surface area contributed by atoms with Gasteiger partial charge in [-0.05, 0) is 24.3 Å². The fourth-order valence-electron chi connectivity index (χ4n) is 3.28. The van der Waals surface area contributed by atoms with Gasteiger partial charge in [-0.25, -0.2) is 8.42 Å². The molecule has 0 radical (unpaired) electrons. The lowest BCUT2D eigenvalue weighted by Crippen LogP contribution is -2.36. The van der Waals surface area contributed by atoms with Crippen molar-refractivity contribution in [3.8, 4) is 0 Å². The molecule has 0 aromatic heterocycles. The summed E-state index contributed by atoms with van der Waals surface area (Å²) in [6.45, 7) is -0.106. The molecular weight excluding hydrogens is 893 g/mol. The number of carbonyl (C=O) groups excluding carboxylic acids is 2. The van der Waals surface area contributed by atoms with Gasteiger partial charge in [0.1, 0.15) is 6.54 Å². The minimum Gasteiger partial charge on any atom is -0.469 e. The Morgan fingerprint density at radius 3 is 1.69 bits per heavy atom. The fraction of sp³-hybridized carbons (Fsp3) is 0.440. The first-order valence-electron chi connectivity index (χ1n) is 12.0. The van der Waals surface area contributed by atoms with Crippen LogP contribution in [0.15, 0.2) is 24.3 Å². The van der Waals surface area contributed by atoms with Crippen LogP contribution in [0.2, 0.25) is 30.1 Å². The number of hydrogen-bond donors (Lipinski definition) is 0. The van der Waals surface area contributed by atoms with Crippen molar-refractivity contribution in [2.75, 3.05) is 54.6 Å². The summed E-state index contributed by atoms with van der Waals surface area (Å²) >= 11 is 41.8. The number of esters is 2. The topological polar surface area (TPSA) is 127 Å². The van der Waals surface area contributed by atoms with Gasteiger partial charge in [-0.2, -0.15) is 12.7 Å². The minimum absolute atomic E-state index is 0. The summed E-state index contributed by atoms with van der Waals surface area (Å²) in [6, 6.07) is 5.64. The summed E-state index contributed by atoms with van der Waals surface area (Å²) < 4.78 is 59.5. The number of hydrogen-bond acceptors (Lipinski definition) is 8. The van der Waals surface area contributed by atoms with Gasteiger partial charge >= 0.3 is 22.1 Å². The maximum atomic E-state index is 12.4. The van der Waals surface area contributed by atoms with Crippen LogP contribution in [0, 0.1) is 0 Å². The normalized spacial score (nSPS) is 13.9. The summed E-state index contributed by atoms with van der Waals surface area (Å²) in [7, 11) is -5.01. The molecule has 1 saturated heterocycles. The zero-order chi connectivity index (χ0) is 33.8. The summed E-state index contributed by atoms with van der Waals surface area (Å²) in [5.74, 6) is -1.90. The molecule has 0 saturated carbocycles. The Labute approximate surface area is 310 Å². The smallest absolute Gasteiger partial charge is 0.321 e. The lowest BCUT2D eigenvalue weighted by molar-refractivity contribution is -0.141. The highest BCUT2D eigenvalue weighted by atomic mass is 79.9. The molecule has 0 aliphatic carbocycles. The van der Waals surface area contributed by atoms with Crippen molar-refractivity contribution in [2.45, 2.75) is 19.6 Å². The molecule has 256 valence electrons. The van der Waals surface area contributed by atoms with Crippen molar-refractivity contribution >= 4 is 139 Å². The second kappa shape index (κ2) is 21.0. The molecule has 1 aliphatic heterocycles. The fourth-order valence-corrected chi connectivity index (χ4v) is 8.49. The molecule has 0 amide bonds. The van der Waals surface area contributed by atoms with Crippen LogP contribution in [0.5, 0.6) is 0 Å². The van der Waals surface area contributed by atoms with Crippen LogP contribution in [0.1, 0.15) is 19.4 Å². The number of ether oxygens (including phenoxy) is 2. The lowest BCUT2D eigenvalue weighted by Gasteiger charge is -2.21. The standard InChI is InChI=1S/C11H11Cl3N2O4S.C11H11Cl3O4S.C2H4Br2.CH4/c1-20-10(17)6-15-2-3-16(21(15,18)19)11-8(13)4-7(12)5-9(11)14;1-18-11(15)2-3-19(16,17)6-8-9(13)4-7(12)5-10(8)14;3-1-2-4;/h4-5H,2-3,6H2,1H3;4-5H,2-3,6H2,1H3;1-2H2;1H4. The van der Waals surface area contributed by atoms with Crippen molar-refractivity contribution < 1.29 is 35.9 Å².